The van der Waals surface area contributed by atoms with Gasteiger partial charge in [-0.3, -0.25) is 0 Å². The minimum Gasteiger partial charge on any atom is -0.459 e. The van der Waals surface area contributed by atoms with E-state index in [0.717, 1.165) is 31.2 Å². The lowest BCUT2D eigenvalue weighted by molar-refractivity contribution is -0.188. The maximum Gasteiger partial charge on any atom is 0.338 e. The van der Waals surface area contributed by atoms with Gasteiger partial charge in [0, 0.05) is 25.3 Å². The van der Waals surface area contributed by atoms with Crippen molar-refractivity contribution < 1.29 is 23.5 Å². The molecule has 0 unspecified atom stereocenters. The van der Waals surface area contributed by atoms with Crippen LogP contribution in [0.25, 0.3) is 11.4 Å². The summed E-state index contributed by atoms with van der Waals surface area (Å²) in [6.45, 7) is 3.02. The predicted molar refractivity (Wildman–Crippen MR) is 86.8 cm³/mol. The van der Waals surface area contributed by atoms with Crippen molar-refractivity contribution in [2.75, 3.05) is 13.2 Å². The first-order valence-corrected chi connectivity index (χ1v) is 8.53. The van der Waals surface area contributed by atoms with E-state index < -0.39 is 5.79 Å². The van der Waals surface area contributed by atoms with Gasteiger partial charge in [-0.05, 0) is 25.0 Å². The van der Waals surface area contributed by atoms with Gasteiger partial charge in [-0.25, -0.2) is 4.79 Å². The van der Waals surface area contributed by atoms with E-state index in [0.29, 0.717) is 30.5 Å². The zero-order chi connectivity index (χ0) is 17.3. The minimum absolute atomic E-state index is 0.109. The van der Waals surface area contributed by atoms with Crippen LogP contribution in [-0.2, 0) is 14.2 Å². The molecule has 1 aromatic heterocycles. The third kappa shape index (κ3) is 3.43. The molecule has 132 valence electrons. The molecule has 0 amide bonds. The first kappa shape index (κ1) is 16.2. The van der Waals surface area contributed by atoms with E-state index in [4.69, 9.17) is 18.7 Å². The Morgan fingerprint density at radius 3 is 2.68 bits per heavy atom. The summed E-state index contributed by atoms with van der Waals surface area (Å²) in [5.41, 5.74) is 1.20. The minimum atomic E-state index is -0.445. The van der Waals surface area contributed by atoms with Crippen LogP contribution in [0.15, 0.2) is 28.8 Å². The van der Waals surface area contributed by atoms with Gasteiger partial charge >= 0.3 is 5.97 Å². The zero-order valence-corrected chi connectivity index (χ0v) is 14.1. The van der Waals surface area contributed by atoms with Gasteiger partial charge in [0.2, 0.25) is 11.7 Å². The highest BCUT2D eigenvalue weighted by molar-refractivity contribution is 5.90. The van der Waals surface area contributed by atoms with Crippen molar-refractivity contribution >= 4 is 5.97 Å². The van der Waals surface area contributed by atoms with Crippen LogP contribution >= 0.6 is 0 Å². The second kappa shape index (κ2) is 6.57. The van der Waals surface area contributed by atoms with E-state index in [9.17, 15) is 4.79 Å². The molecule has 0 bridgehead atoms. The summed E-state index contributed by atoms with van der Waals surface area (Å²) < 4.78 is 22.0. The van der Waals surface area contributed by atoms with Gasteiger partial charge in [0.25, 0.3) is 0 Å². The van der Waals surface area contributed by atoms with Crippen molar-refractivity contribution in [3.63, 3.8) is 0 Å². The smallest absolute Gasteiger partial charge is 0.338 e. The molecule has 1 spiro atoms. The van der Waals surface area contributed by atoms with Crippen molar-refractivity contribution in [3.8, 4) is 11.4 Å². The molecule has 2 heterocycles. The van der Waals surface area contributed by atoms with Crippen molar-refractivity contribution in [3.05, 3.63) is 35.7 Å². The monoisotopic (exact) mass is 344 g/mol. The topological polar surface area (TPSA) is 83.7 Å². The van der Waals surface area contributed by atoms with E-state index in [-0.39, 0.29) is 12.1 Å². The average molecular weight is 344 g/mol. The first-order valence-electron chi connectivity index (χ1n) is 8.53. The lowest BCUT2D eigenvalue weighted by Crippen LogP contribution is -2.38. The van der Waals surface area contributed by atoms with Gasteiger partial charge in [-0.1, -0.05) is 17.3 Å². The van der Waals surface area contributed by atoms with Crippen molar-refractivity contribution in [2.45, 2.75) is 44.5 Å². The fourth-order valence-corrected chi connectivity index (χ4v) is 3.36. The number of nitrogens with zero attached hydrogens (tertiary/aromatic N) is 2. The maximum absolute atomic E-state index is 12.5. The van der Waals surface area contributed by atoms with Crippen molar-refractivity contribution in [2.24, 2.45) is 0 Å². The Balaban J connectivity index is 1.40. The van der Waals surface area contributed by atoms with E-state index in [1.165, 1.54) is 0 Å². The SMILES string of the molecule is Cc1nc(-c2cccc(C(=O)OC3CCC4(CC3)OCCO4)c2)no1. The predicted octanol–water partition coefficient (Wildman–Crippen LogP) is 2.89. The van der Waals surface area contributed by atoms with E-state index in [1.54, 1.807) is 25.1 Å². The summed E-state index contributed by atoms with van der Waals surface area (Å²) in [6, 6.07) is 7.07. The van der Waals surface area contributed by atoms with Crippen LogP contribution in [0.3, 0.4) is 0 Å². The molecule has 0 radical (unpaired) electrons. The summed E-state index contributed by atoms with van der Waals surface area (Å²) in [5.74, 6) is 0.160. The van der Waals surface area contributed by atoms with Crippen molar-refractivity contribution in [1.82, 2.24) is 10.1 Å². The van der Waals surface area contributed by atoms with Gasteiger partial charge in [0.05, 0.1) is 18.8 Å². The third-order valence-corrected chi connectivity index (χ3v) is 4.67. The van der Waals surface area contributed by atoms with Crippen LogP contribution in [0.5, 0.6) is 0 Å². The number of hydrogen-bond acceptors (Lipinski definition) is 7. The zero-order valence-electron chi connectivity index (χ0n) is 14.1. The number of esters is 1. The Morgan fingerprint density at radius 2 is 2.00 bits per heavy atom. The molecule has 1 saturated carbocycles. The summed E-state index contributed by atoms with van der Waals surface area (Å²) in [5, 5.41) is 3.88. The fourth-order valence-electron chi connectivity index (χ4n) is 3.36. The van der Waals surface area contributed by atoms with Crippen LogP contribution in [0, 0.1) is 6.92 Å². The number of rotatable bonds is 3. The van der Waals surface area contributed by atoms with Crippen LogP contribution in [0.4, 0.5) is 0 Å². The van der Waals surface area contributed by atoms with Gasteiger partial charge in [-0.15, -0.1) is 0 Å². The number of ether oxygens (including phenoxy) is 3. The molecular weight excluding hydrogens is 324 g/mol. The molecule has 7 heteroatoms. The summed E-state index contributed by atoms with van der Waals surface area (Å²) >= 11 is 0. The lowest BCUT2D eigenvalue weighted by Gasteiger charge is -2.34. The van der Waals surface area contributed by atoms with E-state index >= 15 is 0 Å². The van der Waals surface area contributed by atoms with Crippen LogP contribution in [0.1, 0.15) is 41.9 Å². The number of carbonyl (C=O) groups is 1. The first-order chi connectivity index (χ1) is 12.1. The largest absolute Gasteiger partial charge is 0.459 e. The standard InChI is InChI=1S/C18H20N2O5/c1-12-19-16(20-25-12)13-3-2-4-14(11-13)17(21)24-15-5-7-18(8-6-15)22-9-10-23-18/h2-4,11,15H,5-10H2,1H3. The van der Waals surface area contributed by atoms with Crippen molar-refractivity contribution in [1.29, 1.82) is 0 Å². The normalized spacial score (nSPS) is 20.0. The fraction of sp³-hybridized carbons (Fsp3) is 0.500. The second-order valence-electron chi connectivity index (χ2n) is 6.43. The summed E-state index contributed by atoms with van der Waals surface area (Å²) in [6.07, 6.45) is 2.90. The molecule has 25 heavy (non-hydrogen) atoms. The highest BCUT2D eigenvalue weighted by Gasteiger charge is 2.41. The number of benzene rings is 1. The Kier molecular flexibility index (Phi) is 4.27. The summed E-state index contributed by atoms with van der Waals surface area (Å²) in [4.78, 5) is 16.6. The lowest BCUT2D eigenvalue weighted by atomic mass is 9.92. The molecule has 1 aromatic carbocycles. The van der Waals surface area contributed by atoms with Crippen LogP contribution < -0.4 is 0 Å². The molecule has 0 atom stereocenters. The molecule has 4 rings (SSSR count). The van der Waals surface area contributed by atoms with Gasteiger partial charge in [0.1, 0.15) is 6.10 Å². The van der Waals surface area contributed by atoms with E-state index in [2.05, 4.69) is 10.1 Å². The molecule has 1 aliphatic heterocycles. The quantitative estimate of drug-likeness (QED) is 0.792. The molecule has 1 saturated heterocycles. The highest BCUT2D eigenvalue weighted by atomic mass is 16.7. The highest BCUT2D eigenvalue weighted by Crippen LogP contribution is 2.36. The van der Waals surface area contributed by atoms with Gasteiger partial charge < -0.3 is 18.7 Å². The second-order valence-corrected chi connectivity index (χ2v) is 6.43. The Labute approximate surface area is 145 Å². The Morgan fingerprint density at radius 1 is 1.24 bits per heavy atom. The summed E-state index contributed by atoms with van der Waals surface area (Å²) in [7, 11) is 0. The molecule has 2 aromatic rings. The molecule has 2 aliphatic rings. The number of hydrogen-bond donors (Lipinski definition) is 0. The number of aromatic nitrogens is 2. The molecule has 7 nitrogen and oxygen atoms in total. The van der Waals surface area contributed by atoms with Crippen LogP contribution in [-0.4, -0.2) is 41.2 Å². The van der Waals surface area contributed by atoms with Gasteiger partial charge in [-0.2, -0.15) is 4.98 Å². The number of carbonyl (C=O) groups excluding carboxylic acids is 1. The van der Waals surface area contributed by atoms with Crippen LogP contribution in [0.2, 0.25) is 0 Å². The Bertz CT molecular complexity index is 756. The third-order valence-electron chi connectivity index (χ3n) is 4.67. The van der Waals surface area contributed by atoms with E-state index in [1.807, 2.05) is 6.07 Å². The maximum atomic E-state index is 12.5. The van der Waals surface area contributed by atoms with Gasteiger partial charge in [0.15, 0.2) is 5.79 Å². The molecule has 0 N–H and O–H groups in total. The molecular formula is C18H20N2O5. The Hall–Kier alpha value is -2.25. The number of aryl methyl sites for hydroxylation is 1. The molecule has 2 fully saturated rings. The molecule has 1 aliphatic carbocycles. The average Bonchev–Trinajstić information content (AvgIpc) is 3.27.